The zero-order valence-electron chi connectivity index (χ0n) is 12.6. The molecule has 0 aliphatic heterocycles. The molecule has 21 heavy (non-hydrogen) atoms. The molecule has 3 heteroatoms. The minimum absolute atomic E-state index is 0.139. The van der Waals surface area contributed by atoms with Crippen molar-refractivity contribution in [1.82, 2.24) is 5.43 Å². The quantitative estimate of drug-likeness (QED) is 0.510. The van der Waals surface area contributed by atoms with E-state index < -0.39 is 0 Å². The van der Waals surface area contributed by atoms with Crippen LogP contribution in [0.25, 0.3) is 0 Å². The first-order valence-electron chi connectivity index (χ1n) is 7.75. The van der Waals surface area contributed by atoms with Crippen molar-refractivity contribution >= 4 is 12.1 Å². The van der Waals surface area contributed by atoms with Gasteiger partial charge in [0.15, 0.2) is 0 Å². The molecule has 1 aromatic rings. The lowest BCUT2D eigenvalue weighted by atomic mass is 9.95. The van der Waals surface area contributed by atoms with Gasteiger partial charge in [0.2, 0.25) is 0 Å². The lowest BCUT2D eigenvalue weighted by molar-refractivity contribution is 0.0955. The molecule has 1 amide bonds. The van der Waals surface area contributed by atoms with E-state index in [2.05, 4.69) is 36.5 Å². The van der Waals surface area contributed by atoms with E-state index in [1.165, 1.54) is 18.4 Å². The number of hydrogen-bond donors (Lipinski definition) is 1. The van der Waals surface area contributed by atoms with Crippen molar-refractivity contribution in [3.63, 3.8) is 0 Å². The summed E-state index contributed by atoms with van der Waals surface area (Å²) in [5.74, 6) is 2.18. The van der Waals surface area contributed by atoms with Crippen LogP contribution in [0.5, 0.6) is 0 Å². The van der Waals surface area contributed by atoms with Crippen LogP contribution in [0, 0.1) is 17.8 Å². The molecule has 0 radical (unpaired) electrons. The molecule has 3 nitrogen and oxygen atoms in total. The number of allylic oxidation sites excluding steroid dienone is 2. The van der Waals surface area contributed by atoms with Crippen molar-refractivity contribution in [3.8, 4) is 0 Å². The third-order valence-electron chi connectivity index (χ3n) is 4.60. The van der Waals surface area contributed by atoms with Crippen LogP contribution in [0.15, 0.2) is 41.5 Å². The minimum atomic E-state index is -0.139. The molecular weight excluding hydrogens is 260 g/mol. The fourth-order valence-electron chi connectivity index (χ4n) is 3.27. The fourth-order valence-corrected chi connectivity index (χ4v) is 3.27. The summed E-state index contributed by atoms with van der Waals surface area (Å²) in [6.07, 6.45) is 8.93. The Hall–Kier alpha value is -1.90. The summed E-state index contributed by atoms with van der Waals surface area (Å²) in [6, 6.07) is 7.73. The van der Waals surface area contributed by atoms with Crippen LogP contribution in [0.2, 0.25) is 0 Å². The number of nitrogens with zero attached hydrogens (tertiary/aromatic N) is 1. The van der Waals surface area contributed by atoms with Crippen molar-refractivity contribution in [1.29, 1.82) is 0 Å². The maximum atomic E-state index is 12.0. The Morgan fingerprint density at radius 2 is 2.00 bits per heavy atom. The van der Waals surface area contributed by atoms with E-state index >= 15 is 0 Å². The Labute approximate surface area is 126 Å². The Morgan fingerprint density at radius 3 is 2.57 bits per heavy atom. The van der Waals surface area contributed by atoms with Gasteiger partial charge in [-0.25, -0.2) is 5.43 Å². The largest absolute Gasteiger partial charge is 0.271 e. The molecule has 3 atom stereocenters. The standard InChI is InChI=1S/C18H22N2O/c1-12(2)14-5-7-15(8-6-14)18(21)20-19-11-17-10-13-3-4-16(17)9-13/h3-8,11-13,16-17H,9-10H2,1-2H3,(H,20,21)/b19-11-/t13-,16+,17-/m0/s1. The summed E-state index contributed by atoms with van der Waals surface area (Å²) in [4.78, 5) is 12.0. The van der Waals surface area contributed by atoms with Crippen molar-refractivity contribution in [2.45, 2.75) is 32.6 Å². The molecule has 0 spiro atoms. The molecule has 2 aliphatic carbocycles. The van der Waals surface area contributed by atoms with Gasteiger partial charge in [-0.3, -0.25) is 4.79 Å². The van der Waals surface area contributed by atoms with Gasteiger partial charge in [-0.15, -0.1) is 0 Å². The summed E-state index contributed by atoms with van der Waals surface area (Å²) in [5, 5.41) is 4.15. The van der Waals surface area contributed by atoms with E-state index in [1.54, 1.807) is 0 Å². The first kappa shape index (κ1) is 14.1. The molecule has 1 N–H and O–H groups in total. The average Bonchev–Trinajstić information content (AvgIpc) is 3.10. The predicted octanol–water partition coefficient (Wildman–Crippen LogP) is 3.74. The summed E-state index contributed by atoms with van der Waals surface area (Å²) in [6.45, 7) is 4.28. The number of benzene rings is 1. The first-order valence-corrected chi connectivity index (χ1v) is 7.75. The van der Waals surface area contributed by atoms with E-state index in [0.29, 0.717) is 23.3 Å². The fraction of sp³-hybridized carbons (Fsp3) is 0.444. The second-order valence-electron chi connectivity index (χ2n) is 6.44. The van der Waals surface area contributed by atoms with Crippen LogP contribution in [-0.4, -0.2) is 12.1 Å². The predicted molar refractivity (Wildman–Crippen MR) is 85.3 cm³/mol. The lowest BCUT2D eigenvalue weighted by Crippen LogP contribution is -2.19. The third kappa shape index (κ3) is 3.07. The lowest BCUT2D eigenvalue weighted by Gasteiger charge is -2.12. The highest BCUT2D eigenvalue weighted by Gasteiger charge is 2.34. The third-order valence-corrected chi connectivity index (χ3v) is 4.60. The number of carbonyl (C=O) groups is 1. The molecule has 0 aromatic heterocycles. The summed E-state index contributed by atoms with van der Waals surface area (Å²) < 4.78 is 0. The van der Waals surface area contributed by atoms with E-state index in [-0.39, 0.29) is 5.91 Å². The molecule has 0 saturated heterocycles. The van der Waals surface area contributed by atoms with Crippen LogP contribution in [0.3, 0.4) is 0 Å². The first-order chi connectivity index (χ1) is 10.1. The van der Waals surface area contributed by atoms with Gasteiger partial charge in [0.05, 0.1) is 0 Å². The number of hydrogen-bond acceptors (Lipinski definition) is 2. The van der Waals surface area contributed by atoms with Crippen molar-refractivity contribution in [2.75, 3.05) is 0 Å². The van der Waals surface area contributed by atoms with Crippen LogP contribution < -0.4 is 5.43 Å². The van der Waals surface area contributed by atoms with E-state index in [4.69, 9.17) is 0 Å². The normalized spacial score (nSPS) is 26.9. The van der Waals surface area contributed by atoms with Gasteiger partial charge in [-0.05, 0) is 48.3 Å². The highest BCUT2D eigenvalue weighted by atomic mass is 16.2. The zero-order chi connectivity index (χ0) is 14.8. The highest BCUT2D eigenvalue weighted by molar-refractivity contribution is 5.94. The van der Waals surface area contributed by atoms with E-state index in [0.717, 1.165) is 5.92 Å². The Morgan fingerprint density at radius 1 is 1.24 bits per heavy atom. The smallest absolute Gasteiger partial charge is 0.267 e. The van der Waals surface area contributed by atoms with Crippen LogP contribution >= 0.6 is 0 Å². The van der Waals surface area contributed by atoms with E-state index in [9.17, 15) is 4.79 Å². The number of amides is 1. The highest BCUT2D eigenvalue weighted by Crippen LogP contribution is 2.42. The number of carbonyl (C=O) groups excluding carboxylic acids is 1. The molecular formula is C18H22N2O. The molecule has 1 aromatic carbocycles. The van der Waals surface area contributed by atoms with Gasteiger partial charge in [-0.2, -0.15) is 5.10 Å². The van der Waals surface area contributed by atoms with Crippen LogP contribution in [-0.2, 0) is 0 Å². The van der Waals surface area contributed by atoms with Gasteiger partial charge in [-0.1, -0.05) is 38.1 Å². The maximum Gasteiger partial charge on any atom is 0.271 e. The number of nitrogens with one attached hydrogen (secondary N) is 1. The Bertz CT molecular complexity index is 571. The monoisotopic (exact) mass is 282 g/mol. The molecule has 2 bridgehead atoms. The second kappa shape index (κ2) is 5.84. The zero-order valence-corrected chi connectivity index (χ0v) is 12.6. The van der Waals surface area contributed by atoms with E-state index in [1.807, 2.05) is 30.5 Å². The van der Waals surface area contributed by atoms with Gasteiger partial charge in [0, 0.05) is 17.7 Å². The SMILES string of the molecule is CC(C)c1ccc(C(=O)N/N=C\[C@@H]2C[C@H]3C=C[C@@H]2C3)cc1. The minimum Gasteiger partial charge on any atom is -0.267 e. The molecule has 3 rings (SSSR count). The Kier molecular flexibility index (Phi) is 3.91. The number of rotatable bonds is 4. The van der Waals surface area contributed by atoms with Gasteiger partial charge < -0.3 is 0 Å². The van der Waals surface area contributed by atoms with Gasteiger partial charge in [0.25, 0.3) is 5.91 Å². The van der Waals surface area contributed by atoms with Crippen molar-refractivity contribution in [2.24, 2.45) is 22.9 Å². The Balaban J connectivity index is 1.55. The van der Waals surface area contributed by atoms with Gasteiger partial charge in [0.1, 0.15) is 0 Å². The van der Waals surface area contributed by atoms with Crippen molar-refractivity contribution < 1.29 is 4.79 Å². The maximum absolute atomic E-state index is 12.0. The van der Waals surface area contributed by atoms with Gasteiger partial charge >= 0.3 is 0 Å². The molecule has 1 saturated carbocycles. The number of hydrazone groups is 1. The summed E-state index contributed by atoms with van der Waals surface area (Å²) in [5.41, 5.74) is 4.54. The topological polar surface area (TPSA) is 41.5 Å². The van der Waals surface area contributed by atoms with Crippen molar-refractivity contribution in [3.05, 3.63) is 47.5 Å². The molecule has 1 fully saturated rings. The molecule has 0 unspecified atom stereocenters. The summed E-state index contributed by atoms with van der Waals surface area (Å²) in [7, 11) is 0. The number of fused-ring (bicyclic) bond motifs is 2. The average molecular weight is 282 g/mol. The second-order valence-corrected chi connectivity index (χ2v) is 6.44. The molecule has 110 valence electrons. The van der Waals surface area contributed by atoms with Crippen LogP contribution in [0.1, 0.15) is 48.5 Å². The van der Waals surface area contributed by atoms with Crippen LogP contribution in [0.4, 0.5) is 0 Å². The molecule has 2 aliphatic rings. The summed E-state index contributed by atoms with van der Waals surface area (Å²) >= 11 is 0. The molecule has 0 heterocycles.